The summed E-state index contributed by atoms with van der Waals surface area (Å²) >= 11 is 0. The largest absolute Gasteiger partial charge is 0.319 e. The quantitative estimate of drug-likeness (QED) is 0.730. The third-order valence-corrected chi connectivity index (χ3v) is 3.71. The summed E-state index contributed by atoms with van der Waals surface area (Å²) in [6.07, 6.45) is 5.55. The third-order valence-electron chi connectivity index (χ3n) is 3.71. The second-order valence-electron chi connectivity index (χ2n) is 6.36. The van der Waals surface area contributed by atoms with Gasteiger partial charge in [-0.15, -0.1) is 0 Å². The highest BCUT2D eigenvalue weighted by Crippen LogP contribution is 2.49. The predicted molar refractivity (Wildman–Crippen MR) is 63.4 cm³/mol. The van der Waals surface area contributed by atoms with Gasteiger partial charge in [-0.25, -0.2) is 0 Å². The molecular formula is C13H27N. The van der Waals surface area contributed by atoms with Gasteiger partial charge in [0.2, 0.25) is 0 Å². The van der Waals surface area contributed by atoms with Crippen molar-refractivity contribution in [1.29, 1.82) is 0 Å². The van der Waals surface area contributed by atoms with Crippen molar-refractivity contribution in [1.82, 2.24) is 5.32 Å². The average Bonchev–Trinajstić information content (AvgIpc) is 2.00. The number of rotatable bonds is 3. The lowest BCUT2D eigenvalue weighted by molar-refractivity contribution is 0.0537. The summed E-state index contributed by atoms with van der Waals surface area (Å²) in [7, 11) is 2.08. The van der Waals surface area contributed by atoms with Gasteiger partial charge in [-0.05, 0) is 43.1 Å². The smallest absolute Gasteiger partial charge is 0.000246 e. The van der Waals surface area contributed by atoms with E-state index in [2.05, 4.69) is 40.1 Å². The summed E-state index contributed by atoms with van der Waals surface area (Å²) in [5, 5.41) is 3.36. The van der Waals surface area contributed by atoms with Gasteiger partial charge in [0.1, 0.15) is 0 Å². The van der Waals surface area contributed by atoms with Crippen molar-refractivity contribution in [2.24, 2.45) is 16.7 Å². The van der Waals surface area contributed by atoms with E-state index < -0.39 is 0 Å². The molecule has 0 saturated heterocycles. The molecule has 0 spiro atoms. The first-order chi connectivity index (χ1) is 6.41. The molecule has 14 heavy (non-hydrogen) atoms. The summed E-state index contributed by atoms with van der Waals surface area (Å²) in [6, 6.07) is 0. The number of hydrogen-bond donors (Lipinski definition) is 1. The summed E-state index contributed by atoms with van der Waals surface area (Å²) in [4.78, 5) is 0. The molecule has 0 aliphatic heterocycles. The van der Waals surface area contributed by atoms with E-state index in [-0.39, 0.29) is 0 Å². The molecule has 0 heterocycles. The molecule has 1 saturated carbocycles. The fourth-order valence-electron chi connectivity index (χ4n) is 3.70. The van der Waals surface area contributed by atoms with Crippen molar-refractivity contribution in [2.75, 3.05) is 13.6 Å². The third kappa shape index (κ3) is 2.98. The Morgan fingerprint density at radius 3 is 2.36 bits per heavy atom. The maximum absolute atomic E-state index is 3.36. The molecule has 1 N–H and O–H groups in total. The lowest BCUT2D eigenvalue weighted by atomic mass is 9.60. The van der Waals surface area contributed by atoms with Crippen molar-refractivity contribution in [3.8, 4) is 0 Å². The molecular weight excluding hydrogens is 170 g/mol. The van der Waals surface area contributed by atoms with E-state index in [0.717, 1.165) is 5.92 Å². The van der Waals surface area contributed by atoms with Gasteiger partial charge in [0.25, 0.3) is 0 Å². The van der Waals surface area contributed by atoms with Crippen LogP contribution in [0.1, 0.15) is 53.4 Å². The van der Waals surface area contributed by atoms with Gasteiger partial charge in [0.15, 0.2) is 0 Å². The fraction of sp³-hybridized carbons (Fsp3) is 1.00. The Hall–Kier alpha value is -0.0400. The van der Waals surface area contributed by atoms with Crippen LogP contribution in [0.4, 0.5) is 0 Å². The topological polar surface area (TPSA) is 12.0 Å². The van der Waals surface area contributed by atoms with Crippen LogP contribution in [0, 0.1) is 16.7 Å². The van der Waals surface area contributed by atoms with Crippen LogP contribution in [0.5, 0.6) is 0 Å². The molecule has 1 aliphatic carbocycles. The van der Waals surface area contributed by atoms with Crippen molar-refractivity contribution < 1.29 is 0 Å². The zero-order valence-electron chi connectivity index (χ0n) is 10.6. The van der Waals surface area contributed by atoms with Crippen molar-refractivity contribution in [3.05, 3.63) is 0 Å². The molecule has 1 heteroatoms. The zero-order chi connectivity index (χ0) is 10.8. The van der Waals surface area contributed by atoms with Crippen molar-refractivity contribution in [2.45, 2.75) is 53.4 Å². The first-order valence-corrected chi connectivity index (χ1v) is 6.05. The highest BCUT2D eigenvalue weighted by Gasteiger charge is 2.39. The van der Waals surface area contributed by atoms with Crippen molar-refractivity contribution >= 4 is 0 Å². The van der Waals surface area contributed by atoms with Crippen LogP contribution in [0.2, 0.25) is 0 Å². The molecule has 1 rings (SSSR count). The molecule has 1 nitrogen and oxygen atoms in total. The normalized spacial score (nSPS) is 37.1. The van der Waals surface area contributed by atoms with Crippen LogP contribution in [-0.4, -0.2) is 13.6 Å². The Bertz CT molecular complexity index is 186. The van der Waals surface area contributed by atoms with Gasteiger partial charge in [-0.1, -0.05) is 34.1 Å². The van der Waals surface area contributed by atoms with E-state index in [1.165, 1.54) is 32.2 Å². The van der Waals surface area contributed by atoms with Crippen LogP contribution < -0.4 is 5.32 Å². The van der Waals surface area contributed by atoms with Gasteiger partial charge in [-0.3, -0.25) is 0 Å². The van der Waals surface area contributed by atoms with Gasteiger partial charge >= 0.3 is 0 Å². The van der Waals surface area contributed by atoms with E-state index in [4.69, 9.17) is 0 Å². The second kappa shape index (κ2) is 4.22. The van der Waals surface area contributed by atoms with Gasteiger partial charge in [0, 0.05) is 6.54 Å². The van der Waals surface area contributed by atoms with Crippen LogP contribution in [-0.2, 0) is 0 Å². The number of hydrogen-bond acceptors (Lipinski definition) is 1. The minimum atomic E-state index is 0.525. The van der Waals surface area contributed by atoms with Crippen LogP contribution in [0.25, 0.3) is 0 Å². The monoisotopic (exact) mass is 197 g/mol. The average molecular weight is 197 g/mol. The maximum atomic E-state index is 3.36. The molecule has 0 aromatic heterocycles. The Labute approximate surface area is 89.7 Å². The van der Waals surface area contributed by atoms with E-state index in [9.17, 15) is 0 Å². The fourth-order valence-corrected chi connectivity index (χ4v) is 3.70. The lowest BCUT2D eigenvalue weighted by Gasteiger charge is -2.46. The standard InChI is InChI=1S/C13H27N/c1-6-11-7-12(2,3)9-13(4,8-11)10-14-5/h11,14H,6-10H2,1-5H3. The molecule has 0 amide bonds. The van der Waals surface area contributed by atoms with E-state index >= 15 is 0 Å². The molecule has 2 atom stereocenters. The molecule has 1 fully saturated rings. The molecule has 1 aliphatic rings. The van der Waals surface area contributed by atoms with Gasteiger partial charge < -0.3 is 5.32 Å². The summed E-state index contributed by atoms with van der Waals surface area (Å²) in [5.74, 6) is 0.942. The highest BCUT2D eigenvalue weighted by atomic mass is 14.8. The molecule has 2 unspecified atom stereocenters. The van der Waals surface area contributed by atoms with E-state index in [1.807, 2.05) is 0 Å². The number of nitrogens with one attached hydrogen (secondary N) is 1. The predicted octanol–water partition coefficient (Wildman–Crippen LogP) is 3.45. The zero-order valence-corrected chi connectivity index (χ0v) is 10.6. The lowest BCUT2D eigenvalue weighted by Crippen LogP contribution is -2.41. The second-order valence-corrected chi connectivity index (χ2v) is 6.36. The highest BCUT2D eigenvalue weighted by molar-refractivity contribution is 4.91. The molecule has 84 valence electrons. The molecule has 0 radical (unpaired) electrons. The van der Waals surface area contributed by atoms with E-state index in [0.29, 0.717) is 10.8 Å². The van der Waals surface area contributed by atoms with Crippen molar-refractivity contribution in [3.63, 3.8) is 0 Å². The first-order valence-electron chi connectivity index (χ1n) is 6.05. The Kier molecular flexibility index (Phi) is 3.63. The SMILES string of the molecule is CCC1CC(C)(C)CC(C)(CNC)C1. The minimum absolute atomic E-state index is 0.525. The first kappa shape index (κ1) is 12.0. The van der Waals surface area contributed by atoms with Crippen LogP contribution in [0.15, 0.2) is 0 Å². The molecule has 0 aromatic carbocycles. The molecule has 0 aromatic rings. The van der Waals surface area contributed by atoms with Gasteiger partial charge in [-0.2, -0.15) is 0 Å². The Morgan fingerprint density at radius 1 is 1.21 bits per heavy atom. The Morgan fingerprint density at radius 2 is 1.86 bits per heavy atom. The van der Waals surface area contributed by atoms with E-state index in [1.54, 1.807) is 0 Å². The summed E-state index contributed by atoms with van der Waals surface area (Å²) in [6.45, 7) is 10.8. The van der Waals surface area contributed by atoms with Crippen LogP contribution >= 0.6 is 0 Å². The minimum Gasteiger partial charge on any atom is -0.319 e. The summed E-state index contributed by atoms with van der Waals surface area (Å²) < 4.78 is 0. The summed E-state index contributed by atoms with van der Waals surface area (Å²) in [5.41, 5.74) is 1.07. The Balaban J connectivity index is 2.69. The van der Waals surface area contributed by atoms with Gasteiger partial charge in [0.05, 0.1) is 0 Å². The van der Waals surface area contributed by atoms with Crippen LogP contribution in [0.3, 0.4) is 0 Å². The molecule has 0 bridgehead atoms. The maximum Gasteiger partial charge on any atom is 0.000246 e.